The van der Waals surface area contributed by atoms with E-state index in [1.807, 2.05) is 20.8 Å². The van der Waals surface area contributed by atoms with Crippen LogP contribution in [-0.2, 0) is 12.8 Å². The van der Waals surface area contributed by atoms with Gasteiger partial charge in [-0.2, -0.15) is 9.46 Å². The third-order valence-electron chi connectivity index (χ3n) is 3.43. The van der Waals surface area contributed by atoms with Crippen molar-refractivity contribution < 1.29 is 20.3 Å². The number of aromatic hydroxyl groups is 1. The quantitative estimate of drug-likeness (QED) is 0.717. The summed E-state index contributed by atoms with van der Waals surface area (Å²) in [6, 6.07) is 2.55. The molecular weight excluding hydrogens is 340 g/mol. The zero-order valence-corrected chi connectivity index (χ0v) is 16.1. The molecule has 2 rings (SSSR count). The maximum atomic E-state index is 11.1. The fourth-order valence-electron chi connectivity index (χ4n) is 2.06. The number of methoxy groups -OCH3 is 1. The lowest BCUT2D eigenvalue weighted by Gasteiger charge is -2.08. The number of hydrogen-bond donors (Lipinski definition) is 3. The second kappa shape index (κ2) is 10.9. The van der Waals surface area contributed by atoms with E-state index in [1.54, 1.807) is 13.8 Å². The van der Waals surface area contributed by atoms with Gasteiger partial charge in [0, 0.05) is 12.1 Å². The van der Waals surface area contributed by atoms with Crippen LogP contribution in [0.4, 0.5) is 0 Å². The topological polar surface area (TPSA) is 114 Å². The van der Waals surface area contributed by atoms with Crippen molar-refractivity contribution in [3.05, 3.63) is 55.9 Å². The Hall–Kier alpha value is -2.90. The molecular formula is C18H28N2O6. The summed E-state index contributed by atoms with van der Waals surface area (Å²) in [5.41, 5.74) is 0.588. The highest BCUT2D eigenvalue weighted by molar-refractivity contribution is 5.28. The molecule has 0 saturated heterocycles. The maximum absolute atomic E-state index is 11.1. The largest absolute Gasteiger partial charge is 0.503 e. The molecule has 0 bridgehead atoms. The van der Waals surface area contributed by atoms with E-state index in [1.165, 1.54) is 25.4 Å². The Balaban J connectivity index is 0.000000439. The molecule has 0 radical (unpaired) electrons. The van der Waals surface area contributed by atoms with E-state index >= 15 is 0 Å². The molecule has 2 aromatic rings. The molecule has 0 saturated carbocycles. The Morgan fingerprint density at radius 2 is 1.62 bits per heavy atom. The molecule has 0 spiro atoms. The van der Waals surface area contributed by atoms with E-state index in [-0.39, 0.29) is 22.6 Å². The predicted octanol–water partition coefficient (Wildman–Crippen LogP) is 2.34. The van der Waals surface area contributed by atoms with Gasteiger partial charge in [0.05, 0.1) is 24.7 Å². The van der Waals surface area contributed by atoms with Gasteiger partial charge < -0.3 is 20.3 Å². The zero-order valence-electron chi connectivity index (χ0n) is 16.1. The Morgan fingerprint density at radius 1 is 1.04 bits per heavy atom. The van der Waals surface area contributed by atoms with Crippen LogP contribution in [0, 0.1) is 6.92 Å². The van der Waals surface area contributed by atoms with Crippen LogP contribution >= 0.6 is 0 Å². The molecule has 2 heterocycles. The van der Waals surface area contributed by atoms with Gasteiger partial charge in [0.15, 0.2) is 11.5 Å². The minimum atomic E-state index is -0.449. The number of aromatic nitrogens is 2. The fourth-order valence-corrected chi connectivity index (χ4v) is 2.06. The Kier molecular flexibility index (Phi) is 9.65. The molecule has 0 aliphatic carbocycles. The van der Waals surface area contributed by atoms with Crippen LogP contribution in [0.5, 0.6) is 11.5 Å². The molecule has 3 N–H and O–H groups in total. The molecule has 0 unspecified atom stereocenters. The molecule has 2 aromatic heterocycles. The Labute approximate surface area is 152 Å². The second-order valence-electron chi connectivity index (χ2n) is 5.01. The van der Waals surface area contributed by atoms with Gasteiger partial charge in [-0.3, -0.25) is 9.59 Å². The van der Waals surface area contributed by atoms with Gasteiger partial charge in [0.25, 0.3) is 0 Å². The second-order valence-corrected chi connectivity index (χ2v) is 5.01. The SMILES string of the molecule is CC.CCc1c(O)c(=O)cc(C)n1O.CCc1cc(=O)c(OC)cn1O. The summed E-state index contributed by atoms with van der Waals surface area (Å²) in [7, 11) is 1.39. The van der Waals surface area contributed by atoms with Gasteiger partial charge in [-0.1, -0.05) is 27.7 Å². The van der Waals surface area contributed by atoms with Crippen molar-refractivity contribution in [3.63, 3.8) is 0 Å². The third kappa shape index (κ3) is 5.58. The van der Waals surface area contributed by atoms with E-state index in [0.29, 0.717) is 24.2 Å². The lowest BCUT2D eigenvalue weighted by molar-refractivity contribution is 0.164. The van der Waals surface area contributed by atoms with E-state index in [2.05, 4.69) is 0 Å². The Morgan fingerprint density at radius 3 is 2.08 bits per heavy atom. The molecule has 0 amide bonds. The van der Waals surface area contributed by atoms with Crippen LogP contribution in [-0.4, -0.2) is 32.1 Å². The molecule has 146 valence electrons. The first-order valence-electron chi connectivity index (χ1n) is 8.39. The minimum Gasteiger partial charge on any atom is -0.503 e. The number of rotatable bonds is 3. The monoisotopic (exact) mass is 368 g/mol. The predicted molar refractivity (Wildman–Crippen MR) is 98.8 cm³/mol. The highest BCUT2D eigenvalue weighted by atomic mass is 16.5. The van der Waals surface area contributed by atoms with E-state index < -0.39 is 5.43 Å². The van der Waals surface area contributed by atoms with Crippen LogP contribution in [0.1, 0.15) is 44.8 Å². The zero-order chi connectivity index (χ0) is 20.4. The molecule has 0 aromatic carbocycles. The summed E-state index contributed by atoms with van der Waals surface area (Å²) < 4.78 is 6.47. The fraction of sp³-hybridized carbons (Fsp3) is 0.444. The van der Waals surface area contributed by atoms with Crippen molar-refractivity contribution >= 4 is 0 Å². The molecule has 0 fully saturated rings. The first-order valence-corrected chi connectivity index (χ1v) is 8.39. The average Bonchev–Trinajstić information content (AvgIpc) is 2.64. The number of ether oxygens (including phenoxy) is 1. The average molecular weight is 368 g/mol. The summed E-state index contributed by atoms with van der Waals surface area (Å²) in [5, 5.41) is 27.8. The van der Waals surface area contributed by atoms with Gasteiger partial charge in [-0.25, -0.2) is 0 Å². The van der Waals surface area contributed by atoms with Crippen LogP contribution < -0.4 is 15.6 Å². The normalized spacial score (nSPS) is 9.46. The van der Waals surface area contributed by atoms with Crippen molar-refractivity contribution in [2.75, 3.05) is 7.11 Å². The van der Waals surface area contributed by atoms with Crippen molar-refractivity contribution in [3.8, 4) is 11.5 Å². The number of hydrogen-bond acceptors (Lipinski definition) is 6. The number of nitrogens with zero attached hydrogens (tertiary/aromatic N) is 2. The van der Waals surface area contributed by atoms with Crippen molar-refractivity contribution in [1.82, 2.24) is 9.46 Å². The highest BCUT2D eigenvalue weighted by Gasteiger charge is 2.09. The van der Waals surface area contributed by atoms with Crippen LogP contribution in [0.15, 0.2) is 27.9 Å². The summed E-state index contributed by atoms with van der Waals surface area (Å²) in [5.74, 6) is -0.222. The number of aryl methyl sites for hydroxylation is 2. The summed E-state index contributed by atoms with van der Waals surface area (Å²) >= 11 is 0. The standard InChI is InChI=1S/2C8H11NO3.C2H6/c1-3-6-4-7(10)8(12-2)5-9(6)11;1-3-6-8(11)7(10)4-5(2)9(6)12;1-2/h4-5,11H,3H2,1-2H3;4,11-12H,3H2,1-2H3;1-2H3. The lowest BCUT2D eigenvalue weighted by Crippen LogP contribution is -2.13. The van der Waals surface area contributed by atoms with E-state index in [4.69, 9.17) is 4.74 Å². The summed E-state index contributed by atoms with van der Waals surface area (Å²) in [6.45, 7) is 9.20. The van der Waals surface area contributed by atoms with Crippen LogP contribution in [0.2, 0.25) is 0 Å². The van der Waals surface area contributed by atoms with E-state index in [9.17, 15) is 25.1 Å². The molecule has 8 nitrogen and oxygen atoms in total. The molecule has 26 heavy (non-hydrogen) atoms. The highest BCUT2D eigenvalue weighted by Crippen LogP contribution is 2.12. The van der Waals surface area contributed by atoms with Gasteiger partial charge in [-0.15, -0.1) is 0 Å². The Bertz CT molecular complexity index is 824. The summed E-state index contributed by atoms with van der Waals surface area (Å²) in [6.07, 6.45) is 2.29. The van der Waals surface area contributed by atoms with Crippen molar-refractivity contribution in [1.29, 1.82) is 0 Å². The summed E-state index contributed by atoms with van der Waals surface area (Å²) in [4.78, 5) is 22.1. The van der Waals surface area contributed by atoms with Crippen LogP contribution in [0.3, 0.4) is 0 Å². The van der Waals surface area contributed by atoms with Gasteiger partial charge in [-0.05, 0) is 19.8 Å². The maximum Gasteiger partial charge on any atom is 0.223 e. The van der Waals surface area contributed by atoms with Gasteiger partial charge >= 0.3 is 0 Å². The van der Waals surface area contributed by atoms with E-state index in [0.717, 1.165) is 9.46 Å². The first kappa shape index (κ1) is 23.1. The molecule has 0 atom stereocenters. The van der Waals surface area contributed by atoms with Gasteiger partial charge in [0.1, 0.15) is 5.69 Å². The smallest absolute Gasteiger partial charge is 0.223 e. The van der Waals surface area contributed by atoms with Gasteiger partial charge in [0.2, 0.25) is 10.9 Å². The molecule has 8 heteroatoms. The number of pyridine rings is 2. The lowest BCUT2D eigenvalue weighted by atomic mass is 10.2. The van der Waals surface area contributed by atoms with Crippen molar-refractivity contribution in [2.45, 2.75) is 47.5 Å². The van der Waals surface area contributed by atoms with Crippen molar-refractivity contribution in [2.24, 2.45) is 0 Å². The van der Waals surface area contributed by atoms with Crippen LogP contribution in [0.25, 0.3) is 0 Å². The molecule has 0 aliphatic rings. The first-order chi connectivity index (χ1) is 12.3. The minimum absolute atomic E-state index is 0.148. The molecule has 0 aliphatic heterocycles. The third-order valence-corrected chi connectivity index (χ3v) is 3.43.